The van der Waals surface area contributed by atoms with E-state index in [9.17, 15) is 9.59 Å². The van der Waals surface area contributed by atoms with Crippen molar-refractivity contribution in [3.05, 3.63) is 65.1 Å². The maximum Gasteiger partial charge on any atom is 0.266 e. The van der Waals surface area contributed by atoms with Crippen LogP contribution in [0.25, 0.3) is 11.5 Å². The molecule has 0 aliphatic carbocycles. The fourth-order valence-corrected chi connectivity index (χ4v) is 2.63. The molecule has 0 spiro atoms. The van der Waals surface area contributed by atoms with Crippen molar-refractivity contribution in [3.8, 4) is 23.0 Å². The SMILES string of the molecule is CCOc1ccc(OC(C)C(=O)NCCn2nc(-c3ccco3)ccc2=O)cc1. The Morgan fingerprint density at radius 3 is 2.62 bits per heavy atom. The molecule has 0 aliphatic rings. The Bertz CT molecular complexity index is 980. The lowest BCUT2D eigenvalue weighted by molar-refractivity contribution is -0.127. The van der Waals surface area contributed by atoms with Crippen LogP contribution in [0.5, 0.6) is 11.5 Å². The molecule has 3 aromatic rings. The third-order valence-electron chi connectivity index (χ3n) is 4.08. The van der Waals surface area contributed by atoms with Crippen molar-refractivity contribution in [1.82, 2.24) is 15.1 Å². The normalized spacial score (nSPS) is 11.7. The molecule has 3 rings (SSSR count). The highest BCUT2D eigenvalue weighted by molar-refractivity contribution is 5.80. The second kappa shape index (κ2) is 9.59. The summed E-state index contributed by atoms with van der Waals surface area (Å²) in [6, 6.07) is 13.6. The molecule has 8 nitrogen and oxygen atoms in total. The molecule has 29 heavy (non-hydrogen) atoms. The third-order valence-corrected chi connectivity index (χ3v) is 4.08. The van der Waals surface area contributed by atoms with Gasteiger partial charge in [0.15, 0.2) is 11.9 Å². The zero-order valence-electron chi connectivity index (χ0n) is 16.3. The number of aromatic nitrogens is 2. The van der Waals surface area contributed by atoms with Crippen LogP contribution in [0.3, 0.4) is 0 Å². The van der Waals surface area contributed by atoms with E-state index in [1.165, 1.54) is 10.7 Å². The Labute approximate surface area is 168 Å². The Morgan fingerprint density at radius 1 is 1.17 bits per heavy atom. The maximum absolute atomic E-state index is 12.3. The summed E-state index contributed by atoms with van der Waals surface area (Å²) >= 11 is 0. The third kappa shape index (κ3) is 5.47. The lowest BCUT2D eigenvalue weighted by Crippen LogP contribution is -2.39. The van der Waals surface area contributed by atoms with E-state index < -0.39 is 6.10 Å². The summed E-state index contributed by atoms with van der Waals surface area (Å²) in [7, 11) is 0. The number of nitrogens with one attached hydrogen (secondary N) is 1. The molecule has 1 aromatic carbocycles. The molecule has 1 atom stereocenters. The monoisotopic (exact) mass is 397 g/mol. The lowest BCUT2D eigenvalue weighted by Gasteiger charge is -2.15. The molecule has 1 unspecified atom stereocenters. The number of amides is 1. The van der Waals surface area contributed by atoms with Gasteiger partial charge in [0.05, 0.1) is 19.4 Å². The summed E-state index contributed by atoms with van der Waals surface area (Å²) in [5.74, 6) is 1.60. The van der Waals surface area contributed by atoms with Crippen molar-refractivity contribution in [3.63, 3.8) is 0 Å². The van der Waals surface area contributed by atoms with Crippen LogP contribution in [-0.4, -0.2) is 34.9 Å². The first kappa shape index (κ1) is 20.2. The van der Waals surface area contributed by atoms with Gasteiger partial charge in [-0.15, -0.1) is 0 Å². The molecule has 2 heterocycles. The van der Waals surface area contributed by atoms with Gasteiger partial charge in [0.1, 0.15) is 17.2 Å². The Kier molecular flexibility index (Phi) is 6.67. The van der Waals surface area contributed by atoms with Gasteiger partial charge in [0.2, 0.25) is 0 Å². The van der Waals surface area contributed by atoms with Crippen LogP contribution in [0.1, 0.15) is 13.8 Å². The van der Waals surface area contributed by atoms with Gasteiger partial charge in [-0.1, -0.05) is 0 Å². The van der Waals surface area contributed by atoms with Crippen molar-refractivity contribution >= 4 is 5.91 Å². The molecule has 0 bridgehead atoms. The molecule has 1 amide bonds. The standard InChI is InChI=1S/C21H23N3O5/c1-3-27-16-6-8-17(9-7-16)29-15(2)21(26)22-12-13-24-20(25)11-10-18(23-24)19-5-4-14-28-19/h4-11,14-15H,3,12-13H2,1-2H3,(H,22,26). The molecule has 0 fully saturated rings. The highest BCUT2D eigenvalue weighted by Crippen LogP contribution is 2.18. The van der Waals surface area contributed by atoms with Crippen LogP contribution >= 0.6 is 0 Å². The van der Waals surface area contributed by atoms with Crippen LogP contribution in [0.2, 0.25) is 0 Å². The van der Waals surface area contributed by atoms with Gasteiger partial charge >= 0.3 is 0 Å². The Hall–Kier alpha value is -3.55. The summed E-state index contributed by atoms with van der Waals surface area (Å²) in [6.07, 6.45) is 0.852. The summed E-state index contributed by atoms with van der Waals surface area (Å²) in [5.41, 5.74) is 0.293. The summed E-state index contributed by atoms with van der Waals surface area (Å²) < 4.78 is 17.6. The average Bonchev–Trinajstić information content (AvgIpc) is 3.26. The van der Waals surface area contributed by atoms with E-state index in [0.717, 1.165) is 5.75 Å². The van der Waals surface area contributed by atoms with Crippen molar-refractivity contribution in [1.29, 1.82) is 0 Å². The van der Waals surface area contributed by atoms with E-state index in [-0.39, 0.29) is 24.6 Å². The second-order valence-electron chi connectivity index (χ2n) is 6.21. The van der Waals surface area contributed by atoms with E-state index in [1.807, 2.05) is 6.92 Å². The minimum atomic E-state index is -0.688. The average molecular weight is 397 g/mol. The molecule has 0 aliphatic heterocycles. The molecule has 8 heteroatoms. The number of hydrogen-bond acceptors (Lipinski definition) is 6. The van der Waals surface area contributed by atoms with Gasteiger partial charge in [-0.05, 0) is 56.3 Å². The smallest absolute Gasteiger partial charge is 0.266 e. The minimum Gasteiger partial charge on any atom is -0.494 e. The first-order valence-electron chi connectivity index (χ1n) is 9.36. The second-order valence-corrected chi connectivity index (χ2v) is 6.21. The van der Waals surface area contributed by atoms with Crippen molar-refractivity contribution in [2.24, 2.45) is 0 Å². The fourth-order valence-electron chi connectivity index (χ4n) is 2.63. The van der Waals surface area contributed by atoms with Crippen LogP contribution in [0, 0.1) is 0 Å². The number of carbonyl (C=O) groups excluding carboxylic acids is 1. The van der Waals surface area contributed by atoms with E-state index >= 15 is 0 Å². The van der Waals surface area contributed by atoms with E-state index in [2.05, 4.69) is 10.4 Å². The van der Waals surface area contributed by atoms with Gasteiger partial charge in [0.25, 0.3) is 11.5 Å². The van der Waals surface area contributed by atoms with E-state index in [1.54, 1.807) is 55.7 Å². The molecule has 152 valence electrons. The topological polar surface area (TPSA) is 95.6 Å². The Balaban J connectivity index is 1.51. The maximum atomic E-state index is 12.3. The molecule has 0 saturated carbocycles. The number of furan rings is 1. The first-order chi connectivity index (χ1) is 14.1. The highest BCUT2D eigenvalue weighted by atomic mass is 16.5. The van der Waals surface area contributed by atoms with Gasteiger partial charge in [-0.2, -0.15) is 5.10 Å². The number of nitrogens with zero attached hydrogens (tertiary/aromatic N) is 2. The van der Waals surface area contributed by atoms with Crippen molar-refractivity contribution in [2.45, 2.75) is 26.5 Å². The molecular formula is C21H23N3O5. The quantitative estimate of drug-likeness (QED) is 0.596. The van der Waals surface area contributed by atoms with Crippen LogP contribution in [0.15, 0.2) is 64.0 Å². The molecule has 0 saturated heterocycles. The fraction of sp³-hybridized carbons (Fsp3) is 0.286. The molecule has 2 aromatic heterocycles. The van der Waals surface area contributed by atoms with Crippen molar-refractivity contribution in [2.75, 3.05) is 13.2 Å². The number of benzene rings is 1. The summed E-state index contributed by atoms with van der Waals surface area (Å²) in [5, 5.41) is 7.02. The van der Waals surface area contributed by atoms with E-state index in [0.29, 0.717) is 23.8 Å². The van der Waals surface area contributed by atoms with Gasteiger partial charge < -0.3 is 19.2 Å². The van der Waals surface area contributed by atoms with Crippen LogP contribution in [-0.2, 0) is 11.3 Å². The van der Waals surface area contributed by atoms with Crippen LogP contribution < -0.4 is 20.3 Å². The largest absolute Gasteiger partial charge is 0.494 e. The Morgan fingerprint density at radius 2 is 1.93 bits per heavy atom. The minimum absolute atomic E-state index is 0.231. The molecular weight excluding hydrogens is 374 g/mol. The summed E-state index contributed by atoms with van der Waals surface area (Å²) in [4.78, 5) is 24.3. The van der Waals surface area contributed by atoms with Crippen LogP contribution in [0.4, 0.5) is 0 Å². The lowest BCUT2D eigenvalue weighted by atomic mass is 10.3. The van der Waals surface area contributed by atoms with E-state index in [4.69, 9.17) is 13.9 Å². The number of hydrogen-bond donors (Lipinski definition) is 1. The van der Waals surface area contributed by atoms with Gasteiger partial charge in [-0.25, -0.2) is 4.68 Å². The summed E-state index contributed by atoms with van der Waals surface area (Å²) in [6.45, 7) is 4.63. The number of ether oxygens (including phenoxy) is 2. The predicted octanol–water partition coefficient (Wildman–Crippen LogP) is 2.49. The highest BCUT2D eigenvalue weighted by Gasteiger charge is 2.14. The zero-order valence-corrected chi connectivity index (χ0v) is 16.3. The number of carbonyl (C=O) groups is 1. The zero-order chi connectivity index (χ0) is 20.6. The first-order valence-corrected chi connectivity index (χ1v) is 9.36. The van der Waals surface area contributed by atoms with Gasteiger partial charge in [-0.3, -0.25) is 9.59 Å². The molecule has 1 N–H and O–H groups in total. The predicted molar refractivity (Wildman–Crippen MR) is 107 cm³/mol. The van der Waals surface area contributed by atoms with Gasteiger partial charge in [0, 0.05) is 12.6 Å². The number of rotatable bonds is 9. The van der Waals surface area contributed by atoms with Crippen molar-refractivity contribution < 1.29 is 18.7 Å². The molecule has 0 radical (unpaired) electrons.